The minimum atomic E-state index is -4.45. The number of halogens is 6. The fraction of sp³-hybridized carbons (Fsp3) is 0.130. The Kier molecular flexibility index (Phi) is 5.84. The number of hydrogen-bond acceptors (Lipinski definition) is 4. The molecule has 0 aliphatic heterocycles. The van der Waals surface area contributed by atoms with Gasteiger partial charge in [0.05, 0.1) is 12.0 Å². The molecule has 0 bridgehead atoms. The van der Waals surface area contributed by atoms with E-state index in [1.807, 2.05) is 0 Å². The van der Waals surface area contributed by atoms with E-state index in [4.69, 9.17) is 0 Å². The Balaban J connectivity index is 1.64. The normalized spacial score (nSPS) is 12.1. The molecule has 10 heteroatoms. The lowest BCUT2D eigenvalue weighted by Crippen LogP contribution is -2.11. The van der Waals surface area contributed by atoms with E-state index < -0.39 is 24.3 Å². The summed E-state index contributed by atoms with van der Waals surface area (Å²) in [6.45, 7) is 0. The van der Waals surface area contributed by atoms with Gasteiger partial charge in [0.2, 0.25) is 0 Å². The van der Waals surface area contributed by atoms with Crippen LogP contribution in [0.25, 0.3) is 33.8 Å². The Labute approximate surface area is 184 Å². The predicted molar refractivity (Wildman–Crippen MR) is 109 cm³/mol. The summed E-state index contributed by atoms with van der Waals surface area (Å²) in [4.78, 5) is 16.6. The fourth-order valence-electron chi connectivity index (χ4n) is 3.25. The van der Waals surface area contributed by atoms with E-state index in [1.54, 1.807) is 6.07 Å². The third-order valence-corrected chi connectivity index (χ3v) is 4.76. The molecule has 0 aliphatic carbocycles. The minimum Gasteiger partial charge on any atom is -0.244 e. The largest absolute Gasteiger partial charge is 0.416 e. The first kappa shape index (κ1) is 22.4. The monoisotopic (exact) mass is 460 g/mol. The van der Waals surface area contributed by atoms with Crippen molar-refractivity contribution in [3.8, 4) is 33.8 Å². The maximum atomic E-state index is 12.8. The molecule has 4 aromatic rings. The number of hydrogen-bond donors (Lipinski definition) is 0. The highest BCUT2D eigenvalue weighted by Crippen LogP contribution is 2.33. The molecule has 2 heterocycles. The highest BCUT2D eigenvalue weighted by molar-refractivity contribution is 5.77. The lowest BCUT2D eigenvalue weighted by molar-refractivity contribution is -0.137. The van der Waals surface area contributed by atoms with E-state index in [1.165, 1.54) is 55.2 Å². The van der Waals surface area contributed by atoms with E-state index in [0.29, 0.717) is 27.9 Å². The summed E-state index contributed by atoms with van der Waals surface area (Å²) in [5.41, 5.74) is 1.56. The number of aromatic nitrogens is 4. The number of benzene rings is 2. The second-order valence-electron chi connectivity index (χ2n) is 7.15. The molecule has 0 radical (unpaired) electrons. The molecule has 0 atom stereocenters. The van der Waals surface area contributed by atoms with Crippen molar-refractivity contribution < 1.29 is 26.3 Å². The summed E-state index contributed by atoms with van der Waals surface area (Å²) in [5, 5.41) is 0. The van der Waals surface area contributed by atoms with Gasteiger partial charge >= 0.3 is 12.4 Å². The Morgan fingerprint density at radius 3 is 2.03 bits per heavy atom. The van der Waals surface area contributed by atoms with Gasteiger partial charge in [0, 0.05) is 29.7 Å². The van der Waals surface area contributed by atoms with E-state index >= 15 is 0 Å². The molecular formula is C23H14F6N4. The van der Waals surface area contributed by atoms with Gasteiger partial charge in [0.15, 0.2) is 5.82 Å². The molecule has 33 heavy (non-hydrogen) atoms. The van der Waals surface area contributed by atoms with Crippen LogP contribution in [0.1, 0.15) is 11.1 Å². The van der Waals surface area contributed by atoms with Crippen LogP contribution in [0.3, 0.4) is 0 Å². The second-order valence-corrected chi connectivity index (χ2v) is 7.15. The molecule has 0 N–H and O–H groups in total. The average Bonchev–Trinajstić information content (AvgIpc) is 2.78. The first-order valence-electron chi connectivity index (χ1n) is 9.56. The van der Waals surface area contributed by atoms with Crippen molar-refractivity contribution in [1.29, 1.82) is 0 Å². The van der Waals surface area contributed by atoms with Gasteiger partial charge in [0.1, 0.15) is 12.0 Å². The number of rotatable bonds is 4. The zero-order valence-electron chi connectivity index (χ0n) is 16.7. The summed E-state index contributed by atoms with van der Waals surface area (Å²) >= 11 is 0. The van der Waals surface area contributed by atoms with Crippen molar-refractivity contribution in [3.05, 3.63) is 84.6 Å². The second kappa shape index (κ2) is 8.61. The van der Waals surface area contributed by atoms with Crippen molar-refractivity contribution >= 4 is 0 Å². The van der Waals surface area contributed by atoms with E-state index in [9.17, 15) is 26.3 Å². The molecule has 0 saturated heterocycles. The zero-order chi connectivity index (χ0) is 23.6. The van der Waals surface area contributed by atoms with Crippen LogP contribution < -0.4 is 0 Å². The van der Waals surface area contributed by atoms with Gasteiger partial charge in [-0.05, 0) is 28.8 Å². The standard InChI is InChI=1S/C23H14F6N4/c24-22(25,26)9-14-2-1-3-16(8-14)17-10-31-21(32-11-17)20-19(12-30-13-33-20)15-4-6-18(7-5-15)23(27,28)29/h1-8,10-13H,9H2. The Morgan fingerprint density at radius 1 is 0.697 bits per heavy atom. The molecule has 4 rings (SSSR count). The number of nitrogens with zero attached hydrogens (tertiary/aromatic N) is 4. The fourth-order valence-corrected chi connectivity index (χ4v) is 3.25. The van der Waals surface area contributed by atoms with E-state index in [0.717, 1.165) is 12.1 Å². The van der Waals surface area contributed by atoms with Gasteiger partial charge in [-0.2, -0.15) is 26.3 Å². The molecule has 168 valence electrons. The lowest BCUT2D eigenvalue weighted by atomic mass is 10.0. The Morgan fingerprint density at radius 2 is 1.39 bits per heavy atom. The van der Waals surface area contributed by atoms with Crippen LogP contribution in [-0.2, 0) is 12.6 Å². The third kappa shape index (κ3) is 5.33. The van der Waals surface area contributed by atoms with E-state index in [2.05, 4.69) is 19.9 Å². The van der Waals surface area contributed by atoms with E-state index in [-0.39, 0.29) is 11.4 Å². The summed E-state index contributed by atoms with van der Waals surface area (Å²) in [6.07, 6.45) is -4.20. The van der Waals surface area contributed by atoms with Crippen LogP contribution in [0.4, 0.5) is 26.3 Å². The summed E-state index contributed by atoms with van der Waals surface area (Å²) in [7, 11) is 0. The Hall–Kier alpha value is -3.82. The van der Waals surface area contributed by atoms with Crippen molar-refractivity contribution in [2.24, 2.45) is 0 Å². The Bertz CT molecular complexity index is 1250. The van der Waals surface area contributed by atoms with Crippen molar-refractivity contribution in [2.45, 2.75) is 18.8 Å². The van der Waals surface area contributed by atoms with Crippen molar-refractivity contribution in [2.75, 3.05) is 0 Å². The maximum absolute atomic E-state index is 12.8. The summed E-state index contributed by atoms with van der Waals surface area (Å²) < 4.78 is 76.6. The highest BCUT2D eigenvalue weighted by Gasteiger charge is 2.30. The molecule has 2 aromatic heterocycles. The quantitative estimate of drug-likeness (QED) is 0.331. The molecule has 0 spiro atoms. The molecule has 0 fully saturated rings. The first-order chi connectivity index (χ1) is 15.6. The predicted octanol–water partition coefficient (Wildman–Crippen LogP) is 6.39. The van der Waals surface area contributed by atoms with Crippen LogP contribution in [-0.4, -0.2) is 26.1 Å². The van der Waals surface area contributed by atoms with Crippen molar-refractivity contribution in [3.63, 3.8) is 0 Å². The van der Waals surface area contributed by atoms with Gasteiger partial charge < -0.3 is 0 Å². The third-order valence-electron chi connectivity index (χ3n) is 4.76. The van der Waals surface area contributed by atoms with Crippen LogP contribution in [0.15, 0.2) is 73.4 Å². The average molecular weight is 460 g/mol. The molecule has 0 aliphatic rings. The van der Waals surface area contributed by atoms with Gasteiger partial charge in [-0.1, -0.05) is 36.4 Å². The van der Waals surface area contributed by atoms with Crippen LogP contribution >= 0.6 is 0 Å². The highest BCUT2D eigenvalue weighted by atomic mass is 19.4. The molecule has 0 amide bonds. The smallest absolute Gasteiger partial charge is 0.244 e. The van der Waals surface area contributed by atoms with Crippen LogP contribution in [0.2, 0.25) is 0 Å². The van der Waals surface area contributed by atoms with Crippen LogP contribution in [0, 0.1) is 0 Å². The van der Waals surface area contributed by atoms with Gasteiger partial charge in [-0.25, -0.2) is 19.9 Å². The van der Waals surface area contributed by atoms with Crippen molar-refractivity contribution in [1.82, 2.24) is 19.9 Å². The molecular weight excluding hydrogens is 446 g/mol. The molecule has 0 unspecified atom stereocenters. The summed E-state index contributed by atoms with van der Waals surface area (Å²) in [6, 6.07) is 10.5. The van der Waals surface area contributed by atoms with Gasteiger partial charge in [-0.3, -0.25) is 0 Å². The SMILES string of the molecule is FC(F)(F)Cc1cccc(-c2cnc(-c3ncncc3-c3ccc(C(F)(F)F)cc3)nc2)c1. The van der Waals surface area contributed by atoms with Crippen LogP contribution in [0.5, 0.6) is 0 Å². The first-order valence-corrected chi connectivity index (χ1v) is 9.56. The molecule has 4 nitrogen and oxygen atoms in total. The molecule has 0 saturated carbocycles. The lowest BCUT2D eigenvalue weighted by Gasteiger charge is -2.10. The maximum Gasteiger partial charge on any atom is 0.416 e. The zero-order valence-corrected chi connectivity index (χ0v) is 16.7. The summed E-state index contributed by atoms with van der Waals surface area (Å²) in [5.74, 6) is 0.197. The van der Waals surface area contributed by atoms with Gasteiger partial charge in [0.25, 0.3) is 0 Å². The topological polar surface area (TPSA) is 51.6 Å². The molecule has 2 aromatic carbocycles. The minimum absolute atomic E-state index is 0.115. The number of alkyl halides is 6. The van der Waals surface area contributed by atoms with Gasteiger partial charge in [-0.15, -0.1) is 0 Å².